The molecule has 1 N–H and O–H groups in total. The normalized spacial score (nSPS) is 10.8. The third-order valence-electron chi connectivity index (χ3n) is 3.07. The number of aromatic amines is 1. The highest BCUT2D eigenvalue weighted by molar-refractivity contribution is 7.71. The van der Waals surface area contributed by atoms with Crippen molar-refractivity contribution < 1.29 is 0 Å². The van der Waals surface area contributed by atoms with Crippen LogP contribution >= 0.6 is 12.2 Å². The number of nitrogens with zero attached hydrogens (tertiary/aromatic N) is 3. The molecule has 0 aliphatic carbocycles. The Bertz CT molecular complexity index is 768. The minimum absolute atomic E-state index is 0.659. The van der Waals surface area contributed by atoms with E-state index in [0.717, 1.165) is 22.5 Å². The van der Waals surface area contributed by atoms with Crippen LogP contribution in [0.4, 0.5) is 5.69 Å². The third kappa shape index (κ3) is 2.02. The topological polar surface area (TPSA) is 36.9 Å². The average molecular weight is 270 g/mol. The summed E-state index contributed by atoms with van der Waals surface area (Å²) >= 11 is 5.38. The van der Waals surface area contributed by atoms with E-state index in [1.165, 1.54) is 0 Å². The van der Waals surface area contributed by atoms with Gasteiger partial charge < -0.3 is 9.88 Å². The summed E-state index contributed by atoms with van der Waals surface area (Å²) in [5.74, 6) is 0. The summed E-state index contributed by atoms with van der Waals surface area (Å²) in [7, 11) is 4.04. The van der Waals surface area contributed by atoms with Crippen molar-refractivity contribution in [3.05, 3.63) is 47.4 Å². The van der Waals surface area contributed by atoms with Crippen molar-refractivity contribution >= 4 is 29.1 Å². The summed E-state index contributed by atoms with van der Waals surface area (Å²) in [6, 6.07) is 12.1. The number of fused-ring (bicyclic) bond motifs is 1. The molecule has 3 aromatic rings. The molecule has 0 aliphatic rings. The molecule has 0 radical (unpaired) electrons. The van der Waals surface area contributed by atoms with Gasteiger partial charge in [-0.2, -0.15) is 0 Å². The summed E-state index contributed by atoms with van der Waals surface area (Å²) in [5.41, 5.74) is 3.97. The molecule has 0 saturated carbocycles. The van der Waals surface area contributed by atoms with Gasteiger partial charge in [-0.25, -0.2) is 4.98 Å². The number of pyridine rings is 1. The Kier molecular flexibility index (Phi) is 2.83. The number of benzene rings is 1. The summed E-state index contributed by atoms with van der Waals surface area (Å²) in [4.78, 5) is 9.62. The first-order valence-electron chi connectivity index (χ1n) is 6.00. The number of aromatic nitrogens is 3. The molecule has 0 amide bonds. The Balaban J connectivity index is 2.19. The van der Waals surface area contributed by atoms with Crippen LogP contribution in [0.2, 0.25) is 0 Å². The van der Waals surface area contributed by atoms with Gasteiger partial charge in [-0.1, -0.05) is 0 Å². The summed E-state index contributed by atoms with van der Waals surface area (Å²) < 4.78 is 2.61. The first kappa shape index (κ1) is 11.9. The van der Waals surface area contributed by atoms with E-state index in [2.05, 4.69) is 27.0 Å². The van der Waals surface area contributed by atoms with Gasteiger partial charge in [0.25, 0.3) is 0 Å². The molecular weight excluding hydrogens is 256 g/mol. The van der Waals surface area contributed by atoms with Crippen LogP contribution in [0.3, 0.4) is 0 Å². The minimum Gasteiger partial charge on any atom is -0.378 e. The van der Waals surface area contributed by atoms with Crippen molar-refractivity contribution in [2.24, 2.45) is 0 Å². The first-order chi connectivity index (χ1) is 9.16. The van der Waals surface area contributed by atoms with E-state index in [-0.39, 0.29) is 0 Å². The third-order valence-corrected chi connectivity index (χ3v) is 3.35. The largest absolute Gasteiger partial charge is 0.378 e. The number of hydrogen-bond acceptors (Lipinski definition) is 3. The molecule has 2 heterocycles. The number of hydrogen-bond donors (Lipinski definition) is 1. The van der Waals surface area contributed by atoms with Crippen LogP contribution in [0.25, 0.3) is 16.9 Å². The van der Waals surface area contributed by atoms with Crippen molar-refractivity contribution in [1.82, 2.24) is 14.5 Å². The fourth-order valence-corrected chi connectivity index (χ4v) is 2.38. The highest BCUT2D eigenvalue weighted by Gasteiger charge is 2.07. The summed E-state index contributed by atoms with van der Waals surface area (Å²) in [6.45, 7) is 0. The smallest absolute Gasteiger partial charge is 0.183 e. The van der Waals surface area contributed by atoms with Crippen LogP contribution in [0.5, 0.6) is 0 Å². The average Bonchev–Trinajstić information content (AvgIpc) is 2.74. The molecule has 2 aromatic heterocycles. The van der Waals surface area contributed by atoms with E-state index in [1.54, 1.807) is 6.20 Å². The van der Waals surface area contributed by atoms with Crippen LogP contribution in [0.15, 0.2) is 42.6 Å². The van der Waals surface area contributed by atoms with Crippen molar-refractivity contribution in [2.75, 3.05) is 19.0 Å². The number of anilines is 1. The molecule has 96 valence electrons. The van der Waals surface area contributed by atoms with Crippen molar-refractivity contribution in [3.63, 3.8) is 0 Å². The number of nitrogens with one attached hydrogen (secondary N) is 1. The highest BCUT2D eigenvalue weighted by atomic mass is 32.1. The molecule has 0 fully saturated rings. The quantitative estimate of drug-likeness (QED) is 0.727. The molecule has 1 aromatic carbocycles. The Morgan fingerprint density at radius 1 is 1.16 bits per heavy atom. The fraction of sp³-hybridized carbons (Fsp3) is 0.143. The zero-order valence-electron chi connectivity index (χ0n) is 10.8. The monoisotopic (exact) mass is 270 g/mol. The predicted octanol–water partition coefficient (Wildman–Crippen LogP) is 3.15. The molecule has 0 aliphatic heterocycles. The van der Waals surface area contributed by atoms with Gasteiger partial charge in [-0.05, 0) is 48.6 Å². The lowest BCUT2D eigenvalue weighted by molar-refractivity contribution is 1.04. The lowest BCUT2D eigenvalue weighted by Crippen LogP contribution is -2.08. The molecule has 0 saturated heterocycles. The van der Waals surface area contributed by atoms with Crippen molar-refractivity contribution in [3.8, 4) is 5.69 Å². The predicted molar refractivity (Wildman–Crippen MR) is 80.6 cm³/mol. The first-order valence-corrected chi connectivity index (χ1v) is 6.41. The minimum atomic E-state index is 0.659. The van der Waals surface area contributed by atoms with E-state index < -0.39 is 0 Å². The molecule has 0 atom stereocenters. The zero-order chi connectivity index (χ0) is 13.4. The van der Waals surface area contributed by atoms with Gasteiger partial charge in [0.1, 0.15) is 0 Å². The SMILES string of the molecule is CN(C)c1ccc(-n2c(=S)[nH]c3cccnc32)cc1. The van der Waals surface area contributed by atoms with Crippen LogP contribution in [0.1, 0.15) is 0 Å². The van der Waals surface area contributed by atoms with Gasteiger partial charge in [0.2, 0.25) is 0 Å². The van der Waals surface area contributed by atoms with Gasteiger partial charge in [0.05, 0.1) is 11.2 Å². The maximum absolute atomic E-state index is 5.38. The maximum atomic E-state index is 5.38. The standard InChI is InChI=1S/C14H14N4S/c1-17(2)10-5-7-11(8-6-10)18-13-12(16-14(18)19)4-3-9-15-13/h3-9H,1-2H3,(H,16,19). The number of rotatable bonds is 2. The number of H-pyrrole nitrogens is 1. The van der Waals surface area contributed by atoms with E-state index in [1.807, 2.05) is 42.9 Å². The van der Waals surface area contributed by atoms with Crippen molar-refractivity contribution in [1.29, 1.82) is 0 Å². The van der Waals surface area contributed by atoms with Crippen LogP contribution in [-0.2, 0) is 0 Å². The van der Waals surface area contributed by atoms with Gasteiger partial charge >= 0.3 is 0 Å². The Labute approximate surface area is 116 Å². The van der Waals surface area contributed by atoms with Crippen LogP contribution in [-0.4, -0.2) is 28.6 Å². The van der Waals surface area contributed by atoms with Gasteiger partial charge in [-0.3, -0.25) is 4.57 Å². The lowest BCUT2D eigenvalue weighted by atomic mass is 10.2. The molecule has 5 heteroatoms. The Hall–Kier alpha value is -2.14. The molecule has 4 nitrogen and oxygen atoms in total. The second-order valence-corrected chi connectivity index (χ2v) is 4.94. The van der Waals surface area contributed by atoms with E-state index in [4.69, 9.17) is 12.2 Å². The Morgan fingerprint density at radius 3 is 2.58 bits per heavy atom. The maximum Gasteiger partial charge on any atom is 0.183 e. The second-order valence-electron chi connectivity index (χ2n) is 4.55. The van der Waals surface area contributed by atoms with Gasteiger partial charge in [-0.15, -0.1) is 0 Å². The molecule has 0 unspecified atom stereocenters. The van der Waals surface area contributed by atoms with Gasteiger partial charge in [0, 0.05) is 26.0 Å². The molecule has 3 rings (SSSR count). The van der Waals surface area contributed by atoms with E-state index >= 15 is 0 Å². The molecular formula is C14H14N4S. The van der Waals surface area contributed by atoms with Gasteiger partial charge in [0.15, 0.2) is 10.4 Å². The molecule has 0 spiro atoms. The zero-order valence-corrected chi connectivity index (χ0v) is 11.6. The molecule has 19 heavy (non-hydrogen) atoms. The molecule has 0 bridgehead atoms. The van der Waals surface area contributed by atoms with Crippen LogP contribution in [0, 0.1) is 4.77 Å². The Morgan fingerprint density at radius 2 is 1.89 bits per heavy atom. The second kappa shape index (κ2) is 4.51. The fourth-order valence-electron chi connectivity index (χ4n) is 2.08. The lowest BCUT2D eigenvalue weighted by Gasteiger charge is -2.13. The summed E-state index contributed by atoms with van der Waals surface area (Å²) in [6.07, 6.45) is 1.77. The summed E-state index contributed by atoms with van der Waals surface area (Å²) in [5, 5.41) is 0. The van der Waals surface area contributed by atoms with E-state index in [9.17, 15) is 0 Å². The van der Waals surface area contributed by atoms with Crippen molar-refractivity contribution in [2.45, 2.75) is 0 Å². The number of imidazole rings is 1. The highest BCUT2D eigenvalue weighted by Crippen LogP contribution is 2.20. The van der Waals surface area contributed by atoms with Crippen LogP contribution < -0.4 is 4.90 Å². The van der Waals surface area contributed by atoms with E-state index in [0.29, 0.717) is 4.77 Å².